The number of piperidine rings is 1. The first kappa shape index (κ1) is 19.2. The zero-order valence-electron chi connectivity index (χ0n) is 16.7. The number of amides is 1. The average Bonchev–Trinajstić information content (AvgIpc) is 3.35. The van der Waals surface area contributed by atoms with E-state index >= 15 is 0 Å². The second kappa shape index (κ2) is 7.48. The fourth-order valence-electron chi connectivity index (χ4n) is 4.45. The fourth-order valence-corrected chi connectivity index (χ4v) is 5.64. The van der Waals surface area contributed by atoms with Crippen LogP contribution in [0.1, 0.15) is 34.5 Å². The molecule has 0 bridgehead atoms. The van der Waals surface area contributed by atoms with Crippen LogP contribution < -0.4 is 5.56 Å². The van der Waals surface area contributed by atoms with Crippen LogP contribution in [-0.4, -0.2) is 50.7 Å². The van der Waals surface area contributed by atoms with E-state index in [1.165, 1.54) is 10.4 Å². The van der Waals surface area contributed by atoms with E-state index in [1.807, 2.05) is 4.90 Å². The van der Waals surface area contributed by atoms with Crippen LogP contribution in [0.4, 0.5) is 0 Å². The molecule has 0 saturated carbocycles. The van der Waals surface area contributed by atoms with Gasteiger partial charge in [-0.15, -0.1) is 11.3 Å². The number of ether oxygens (including phenoxy) is 1. The highest BCUT2D eigenvalue weighted by Gasteiger charge is 2.43. The molecule has 0 radical (unpaired) electrons. The normalized spacial score (nSPS) is 17.8. The molecule has 2 aliphatic heterocycles. The van der Waals surface area contributed by atoms with E-state index in [0.29, 0.717) is 25.3 Å². The second-order valence-electron chi connectivity index (χ2n) is 7.87. The number of aromatic nitrogens is 4. The van der Waals surface area contributed by atoms with Gasteiger partial charge in [0, 0.05) is 48.0 Å². The highest BCUT2D eigenvalue weighted by atomic mass is 32.1. The van der Waals surface area contributed by atoms with E-state index in [0.717, 1.165) is 35.5 Å². The molecule has 30 heavy (non-hydrogen) atoms. The van der Waals surface area contributed by atoms with Crippen molar-refractivity contribution < 1.29 is 9.53 Å². The number of nitrogens with one attached hydrogen (secondary N) is 2. The monoisotopic (exact) mass is 425 g/mol. The Morgan fingerprint density at radius 2 is 2.13 bits per heavy atom. The van der Waals surface area contributed by atoms with Crippen molar-refractivity contribution in [3.8, 4) is 10.6 Å². The average molecular weight is 426 g/mol. The number of rotatable bonds is 3. The van der Waals surface area contributed by atoms with Gasteiger partial charge in [-0.2, -0.15) is 0 Å². The summed E-state index contributed by atoms with van der Waals surface area (Å²) in [4.78, 5) is 37.6. The zero-order valence-corrected chi connectivity index (χ0v) is 17.6. The smallest absolute Gasteiger partial charge is 0.267 e. The third kappa shape index (κ3) is 3.27. The van der Waals surface area contributed by atoms with Crippen LogP contribution in [0, 0.1) is 6.92 Å². The Morgan fingerprint density at radius 3 is 2.83 bits per heavy atom. The molecule has 1 saturated heterocycles. The molecule has 9 heteroatoms. The third-order valence-corrected chi connectivity index (χ3v) is 7.38. The number of aryl methyl sites for hydroxylation is 1. The van der Waals surface area contributed by atoms with Gasteiger partial charge in [0.1, 0.15) is 0 Å². The first-order valence-electron chi connectivity index (χ1n) is 10.1. The van der Waals surface area contributed by atoms with Crippen LogP contribution in [0.3, 0.4) is 0 Å². The van der Waals surface area contributed by atoms with Crippen LogP contribution in [0.2, 0.25) is 0 Å². The number of aromatic amines is 2. The van der Waals surface area contributed by atoms with E-state index in [1.54, 1.807) is 36.9 Å². The Kier molecular flexibility index (Phi) is 4.79. The van der Waals surface area contributed by atoms with Crippen molar-refractivity contribution in [3.05, 3.63) is 56.7 Å². The summed E-state index contributed by atoms with van der Waals surface area (Å²) in [6.45, 7) is 3.74. The molecule has 1 fully saturated rings. The van der Waals surface area contributed by atoms with Gasteiger partial charge in [0.05, 0.1) is 35.4 Å². The maximum atomic E-state index is 12.8. The van der Waals surface area contributed by atoms with Crippen molar-refractivity contribution in [2.24, 2.45) is 0 Å². The molecule has 1 amide bonds. The van der Waals surface area contributed by atoms with Crippen LogP contribution >= 0.6 is 11.3 Å². The number of carbonyl (C=O) groups is 1. The number of likely N-dealkylation sites (tertiary alicyclic amines) is 1. The fraction of sp³-hybridized carbons (Fsp3) is 0.429. The summed E-state index contributed by atoms with van der Waals surface area (Å²) < 4.78 is 6.33. The number of thiophene rings is 1. The summed E-state index contributed by atoms with van der Waals surface area (Å²) in [7, 11) is 0. The summed E-state index contributed by atoms with van der Waals surface area (Å²) >= 11 is 1.76. The van der Waals surface area contributed by atoms with Gasteiger partial charge < -0.3 is 14.7 Å². The maximum absolute atomic E-state index is 12.8. The molecule has 0 atom stereocenters. The molecule has 0 unspecified atom stereocenters. The molecular weight excluding hydrogens is 402 g/mol. The molecule has 156 valence electrons. The van der Waals surface area contributed by atoms with E-state index in [4.69, 9.17) is 4.74 Å². The predicted molar refractivity (Wildman–Crippen MR) is 112 cm³/mol. The number of hydrogen-bond acceptors (Lipinski definition) is 6. The van der Waals surface area contributed by atoms with Crippen molar-refractivity contribution in [2.75, 3.05) is 19.7 Å². The topological polar surface area (TPSA) is 104 Å². The van der Waals surface area contributed by atoms with E-state index in [9.17, 15) is 9.59 Å². The van der Waals surface area contributed by atoms with Gasteiger partial charge in [0.2, 0.25) is 5.91 Å². The standard InChI is InChI=1S/C21H23N5O3S/c1-13-14(20(28)25-24-13)10-19(27)26-7-3-21(4-8-26)15-11-18(16-12-22-5-6-23-16)30-17(15)2-9-29-21/h5-6,11-12H,2-4,7-10H2,1H3,(H2,24,25,28). The van der Waals surface area contributed by atoms with Gasteiger partial charge in [-0.3, -0.25) is 24.7 Å². The molecule has 3 aromatic heterocycles. The van der Waals surface area contributed by atoms with Crippen LogP contribution in [0.5, 0.6) is 0 Å². The molecule has 2 N–H and O–H groups in total. The lowest BCUT2D eigenvalue weighted by Crippen LogP contribution is -2.48. The summed E-state index contributed by atoms with van der Waals surface area (Å²) in [5, 5.41) is 5.32. The minimum absolute atomic E-state index is 0.0142. The van der Waals surface area contributed by atoms with Gasteiger partial charge in [-0.05, 0) is 31.4 Å². The SMILES string of the molecule is Cc1[nH][nH]c(=O)c1CC(=O)N1CCC2(CC1)OCCc1sc(-c3cnccn3)cc12. The lowest BCUT2D eigenvalue weighted by atomic mass is 9.82. The number of H-pyrrole nitrogens is 2. The zero-order chi connectivity index (χ0) is 20.7. The van der Waals surface area contributed by atoms with Gasteiger partial charge in [0.25, 0.3) is 5.56 Å². The number of hydrogen-bond donors (Lipinski definition) is 2. The predicted octanol–water partition coefficient (Wildman–Crippen LogP) is 2.16. The molecule has 3 aromatic rings. The summed E-state index contributed by atoms with van der Waals surface area (Å²) in [6.07, 6.45) is 7.71. The van der Waals surface area contributed by atoms with Crippen molar-refractivity contribution in [1.29, 1.82) is 0 Å². The van der Waals surface area contributed by atoms with E-state index < -0.39 is 0 Å². The van der Waals surface area contributed by atoms with Crippen LogP contribution in [0.25, 0.3) is 10.6 Å². The molecule has 5 rings (SSSR count). The molecular formula is C21H23N5O3S. The molecule has 0 aliphatic carbocycles. The molecule has 5 heterocycles. The lowest BCUT2D eigenvalue weighted by molar-refractivity contribution is -0.139. The Morgan fingerprint density at radius 1 is 1.30 bits per heavy atom. The van der Waals surface area contributed by atoms with Crippen molar-refractivity contribution in [2.45, 2.75) is 38.2 Å². The van der Waals surface area contributed by atoms with Crippen LogP contribution in [0.15, 0.2) is 29.5 Å². The van der Waals surface area contributed by atoms with E-state index in [-0.39, 0.29) is 23.5 Å². The summed E-state index contributed by atoms with van der Waals surface area (Å²) in [5.41, 5.74) is 2.79. The van der Waals surface area contributed by atoms with Crippen molar-refractivity contribution >= 4 is 17.2 Å². The highest BCUT2D eigenvalue weighted by molar-refractivity contribution is 7.15. The van der Waals surface area contributed by atoms with Crippen molar-refractivity contribution in [3.63, 3.8) is 0 Å². The summed E-state index contributed by atoms with van der Waals surface area (Å²) in [5.74, 6) is -0.0142. The van der Waals surface area contributed by atoms with Gasteiger partial charge in [-0.25, -0.2) is 0 Å². The second-order valence-corrected chi connectivity index (χ2v) is 9.01. The minimum Gasteiger partial charge on any atom is -0.370 e. The Hall–Kier alpha value is -2.78. The first-order chi connectivity index (χ1) is 14.6. The highest BCUT2D eigenvalue weighted by Crippen LogP contribution is 2.46. The largest absolute Gasteiger partial charge is 0.370 e. The summed E-state index contributed by atoms with van der Waals surface area (Å²) in [6, 6.07) is 2.20. The molecule has 0 aromatic carbocycles. The van der Waals surface area contributed by atoms with Crippen molar-refractivity contribution in [1.82, 2.24) is 25.1 Å². The van der Waals surface area contributed by atoms with Gasteiger partial charge in [0.15, 0.2) is 0 Å². The van der Waals surface area contributed by atoms with E-state index in [2.05, 4.69) is 26.2 Å². The van der Waals surface area contributed by atoms with Gasteiger partial charge >= 0.3 is 0 Å². The molecule has 1 spiro atoms. The lowest BCUT2D eigenvalue weighted by Gasteiger charge is -2.44. The minimum atomic E-state index is -0.344. The first-order valence-corrected chi connectivity index (χ1v) is 10.9. The number of carbonyl (C=O) groups excluding carboxylic acids is 1. The quantitative estimate of drug-likeness (QED) is 0.669. The Labute approximate surface area is 177 Å². The van der Waals surface area contributed by atoms with Crippen LogP contribution in [-0.2, 0) is 28.0 Å². The maximum Gasteiger partial charge on any atom is 0.267 e. The molecule has 8 nitrogen and oxygen atoms in total. The van der Waals surface area contributed by atoms with Gasteiger partial charge in [-0.1, -0.05) is 0 Å². The Bertz CT molecular complexity index is 1130. The number of nitrogens with zero attached hydrogens (tertiary/aromatic N) is 3. The Balaban J connectivity index is 1.33. The molecule has 2 aliphatic rings. The third-order valence-electron chi connectivity index (χ3n) is 6.17. The number of fused-ring (bicyclic) bond motifs is 2.